The van der Waals surface area contributed by atoms with E-state index in [1.165, 1.54) is 15.9 Å². The first-order chi connectivity index (χ1) is 11.9. The van der Waals surface area contributed by atoms with Crippen molar-refractivity contribution in [3.63, 3.8) is 0 Å². The molecule has 0 N–H and O–H groups in total. The Bertz CT molecular complexity index is 703. The van der Waals surface area contributed by atoms with E-state index in [9.17, 15) is 0 Å². The third kappa shape index (κ3) is 5.25. The number of hydrogen-bond donors (Lipinski definition) is 0. The first-order valence-electron chi connectivity index (χ1n) is 7.26. The third-order valence-electron chi connectivity index (χ3n) is 3.13. The molecule has 0 aromatic heterocycles. The predicted molar refractivity (Wildman–Crippen MR) is 104 cm³/mol. The fourth-order valence-electron chi connectivity index (χ4n) is 2.20. The molecule has 0 bridgehead atoms. The zero-order valence-electron chi connectivity index (χ0n) is 12.9. The second-order valence-electron chi connectivity index (χ2n) is 4.63. The Morgan fingerprint density at radius 2 is 0.833 bits per heavy atom. The Morgan fingerprint density at radius 3 is 1.04 bits per heavy atom. The summed E-state index contributed by atoms with van der Waals surface area (Å²) in [5.74, 6) is 0. The van der Waals surface area contributed by atoms with E-state index < -0.39 is 7.92 Å². The van der Waals surface area contributed by atoms with Crippen molar-refractivity contribution in [3.8, 4) is 10.8 Å². The average molecular weight is 346 g/mol. The summed E-state index contributed by atoms with van der Waals surface area (Å²) in [5.41, 5.74) is 0. The van der Waals surface area contributed by atoms with Crippen molar-refractivity contribution < 1.29 is 0 Å². The van der Waals surface area contributed by atoms with Gasteiger partial charge < -0.3 is 0 Å². The summed E-state index contributed by atoms with van der Waals surface area (Å²) in [6, 6.07) is 32.3. The molecule has 116 valence electrons. The van der Waals surface area contributed by atoms with Crippen LogP contribution in [-0.4, -0.2) is 0 Å². The van der Waals surface area contributed by atoms with Crippen LogP contribution in [0.15, 0.2) is 91.0 Å². The van der Waals surface area contributed by atoms with Crippen LogP contribution in [0.5, 0.6) is 0 Å². The molecule has 3 aromatic rings. The Morgan fingerprint density at radius 1 is 0.542 bits per heavy atom. The molecule has 0 aliphatic heterocycles. The topological polar surface area (TPSA) is 47.6 Å². The average Bonchev–Trinajstić information content (AvgIpc) is 2.66. The van der Waals surface area contributed by atoms with Crippen molar-refractivity contribution in [2.75, 3.05) is 0 Å². The lowest BCUT2D eigenvalue weighted by atomic mass is 10.4. The van der Waals surface area contributed by atoms with Gasteiger partial charge in [0.15, 0.2) is 0 Å². The molecule has 24 heavy (non-hydrogen) atoms. The maximum absolute atomic E-state index is 7.56. The minimum Gasteiger partial charge on any atom is -0.184 e. The van der Waals surface area contributed by atoms with E-state index in [1.807, 2.05) is 0 Å². The Hall–Kier alpha value is -2.58. The largest absolute Gasteiger partial charge is 0.184 e. The molecule has 0 fully saturated rings. The second kappa shape index (κ2) is 10.2. The number of rotatable bonds is 3. The van der Waals surface area contributed by atoms with Gasteiger partial charge in [0.05, 0.1) is 11.8 Å². The van der Waals surface area contributed by atoms with Crippen LogP contribution in [0.2, 0.25) is 0 Å². The van der Waals surface area contributed by atoms with Crippen LogP contribution in [0.1, 0.15) is 0 Å². The molecule has 0 saturated carbocycles. The van der Waals surface area contributed by atoms with Gasteiger partial charge in [-0.25, -0.2) is 0 Å². The first kappa shape index (κ1) is 17.8. The highest BCUT2D eigenvalue weighted by Crippen LogP contribution is 2.32. The molecule has 0 aliphatic rings. The van der Waals surface area contributed by atoms with Crippen molar-refractivity contribution in [1.29, 1.82) is 10.5 Å². The van der Waals surface area contributed by atoms with E-state index in [2.05, 4.69) is 91.0 Å². The van der Waals surface area contributed by atoms with Gasteiger partial charge in [-0.3, -0.25) is 0 Å². The molecular weight excluding hydrogens is 331 g/mol. The van der Waals surface area contributed by atoms with Crippen LogP contribution in [0.25, 0.3) is 0 Å². The highest BCUT2D eigenvalue weighted by molar-refractivity contribution is 8.08. The molecule has 0 spiro atoms. The normalized spacial score (nSPS) is 9.29. The second-order valence-corrected chi connectivity index (χ2v) is 7.42. The van der Waals surface area contributed by atoms with E-state index in [-0.39, 0.29) is 0 Å². The number of nitrogens with zero attached hydrogens (tertiary/aromatic N) is 2. The molecule has 3 aromatic carbocycles. The van der Waals surface area contributed by atoms with E-state index in [0.717, 1.165) is 0 Å². The van der Waals surface area contributed by atoms with Crippen molar-refractivity contribution in [2.24, 2.45) is 0 Å². The summed E-state index contributed by atoms with van der Waals surface area (Å²) in [5, 5.41) is 22.5. The lowest BCUT2D eigenvalue weighted by molar-refractivity contribution is 1.56. The van der Waals surface area contributed by atoms with Crippen LogP contribution in [0.4, 0.5) is 0 Å². The van der Waals surface area contributed by atoms with Crippen LogP contribution < -0.4 is 15.9 Å². The van der Waals surface area contributed by atoms with Gasteiger partial charge in [0, 0.05) is 0 Å². The third-order valence-corrected chi connectivity index (χ3v) is 5.76. The quantitative estimate of drug-likeness (QED) is 0.529. The minimum atomic E-state index is -0.446. The Kier molecular flexibility index (Phi) is 7.58. The summed E-state index contributed by atoms with van der Waals surface area (Å²) >= 11 is 0.574. The lowest BCUT2D eigenvalue weighted by Crippen LogP contribution is -2.20. The molecule has 0 radical (unpaired) electrons. The smallest absolute Gasteiger partial charge is 0.149 e. The summed E-state index contributed by atoms with van der Waals surface area (Å²) in [4.78, 5) is 0. The van der Waals surface area contributed by atoms with E-state index in [0.29, 0.717) is 11.8 Å². The Labute approximate surface area is 148 Å². The van der Waals surface area contributed by atoms with Crippen molar-refractivity contribution in [2.45, 2.75) is 0 Å². The van der Waals surface area contributed by atoms with Gasteiger partial charge in [-0.1, -0.05) is 91.0 Å². The van der Waals surface area contributed by atoms with Crippen molar-refractivity contribution in [1.82, 2.24) is 0 Å². The minimum absolute atomic E-state index is 0.446. The zero-order chi connectivity index (χ0) is 17.0. The van der Waals surface area contributed by atoms with E-state index >= 15 is 0 Å². The molecule has 2 nitrogen and oxygen atoms in total. The highest BCUT2D eigenvalue weighted by Gasteiger charge is 2.14. The number of nitriles is 2. The molecule has 0 amide bonds. The van der Waals surface area contributed by atoms with Gasteiger partial charge in [-0.05, 0) is 23.8 Å². The molecular formula is C20H15N2PS. The molecule has 0 heterocycles. The summed E-state index contributed by atoms with van der Waals surface area (Å²) in [6.07, 6.45) is 0. The fourth-order valence-corrected chi connectivity index (χ4v) is 4.54. The number of thiocyanates is 2. The van der Waals surface area contributed by atoms with Gasteiger partial charge in [0.25, 0.3) is 0 Å². The molecule has 0 saturated heterocycles. The van der Waals surface area contributed by atoms with Crippen LogP contribution >= 0.6 is 19.7 Å². The van der Waals surface area contributed by atoms with E-state index in [4.69, 9.17) is 10.5 Å². The Balaban J connectivity index is 0.000000368. The number of benzene rings is 3. The molecule has 3 rings (SSSR count). The van der Waals surface area contributed by atoms with Gasteiger partial charge in [-0.15, -0.1) is 0 Å². The molecule has 4 heteroatoms. The van der Waals surface area contributed by atoms with Crippen molar-refractivity contribution >= 4 is 35.6 Å². The monoisotopic (exact) mass is 346 g/mol. The number of hydrogen-bond acceptors (Lipinski definition) is 3. The van der Waals surface area contributed by atoms with Gasteiger partial charge >= 0.3 is 0 Å². The molecule has 0 unspecified atom stereocenters. The van der Waals surface area contributed by atoms with Gasteiger partial charge in [0.2, 0.25) is 0 Å². The number of thioether (sulfide) groups is 1. The SMILES string of the molecule is N#CSC#N.c1ccc(P(c2ccccc2)c2ccccc2)cc1. The molecule has 0 aliphatic carbocycles. The van der Waals surface area contributed by atoms with Crippen molar-refractivity contribution in [3.05, 3.63) is 91.0 Å². The zero-order valence-corrected chi connectivity index (χ0v) is 14.6. The van der Waals surface area contributed by atoms with Gasteiger partial charge in [-0.2, -0.15) is 10.5 Å². The highest BCUT2D eigenvalue weighted by atomic mass is 32.2. The van der Waals surface area contributed by atoms with Crippen LogP contribution in [0.3, 0.4) is 0 Å². The maximum Gasteiger partial charge on any atom is 0.149 e. The predicted octanol–water partition coefficient (Wildman–Crippen LogP) is 4.13. The molecule has 0 atom stereocenters. The van der Waals surface area contributed by atoms with Gasteiger partial charge in [0.1, 0.15) is 10.8 Å². The maximum atomic E-state index is 7.56. The summed E-state index contributed by atoms with van der Waals surface area (Å²) in [6.45, 7) is 0. The summed E-state index contributed by atoms with van der Waals surface area (Å²) in [7, 11) is -0.446. The van der Waals surface area contributed by atoms with E-state index in [1.54, 1.807) is 10.8 Å². The summed E-state index contributed by atoms with van der Waals surface area (Å²) < 4.78 is 0. The standard InChI is InChI=1S/C18H15P.C2N2S/c1-4-10-16(11-5-1)19(17-12-6-2-7-13-17)18-14-8-3-9-15-18;3-1-5-2-4/h1-15H;. The van der Waals surface area contributed by atoms with Crippen LogP contribution in [-0.2, 0) is 0 Å². The fraction of sp³-hybridized carbons (Fsp3) is 0. The first-order valence-corrected chi connectivity index (χ1v) is 9.42. The van der Waals surface area contributed by atoms with Crippen LogP contribution in [0, 0.1) is 21.3 Å². The lowest BCUT2D eigenvalue weighted by Gasteiger charge is -2.18.